The highest BCUT2D eigenvalue weighted by atomic mass is 79.9. The molecule has 0 radical (unpaired) electrons. The van der Waals surface area contributed by atoms with Crippen LogP contribution >= 0.6 is 31.9 Å². The molecule has 0 fully saturated rings. The highest BCUT2D eigenvalue weighted by molar-refractivity contribution is 9.10. The van der Waals surface area contributed by atoms with E-state index in [1.165, 1.54) is 0 Å². The minimum atomic E-state index is -0.688. The monoisotopic (exact) mass is 616 g/mol. The number of carbonyl (C=O) groups is 2. The first-order valence-corrected chi connectivity index (χ1v) is 13.1. The van der Waals surface area contributed by atoms with Gasteiger partial charge in [0.15, 0.2) is 12.2 Å². The fourth-order valence-corrected chi connectivity index (χ4v) is 5.13. The first-order chi connectivity index (χ1) is 16.9. The molecule has 0 aromatic heterocycles. The van der Waals surface area contributed by atoms with Crippen molar-refractivity contribution in [2.45, 2.75) is 53.8 Å². The Hall–Kier alpha value is -2.84. The van der Waals surface area contributed by atoms with Gasteiger partial charge in [0.2, 0.25) is 0 Å². The Kier molecular flexibility index (Phi) is 9.19. The van der Waals surface area contributed by atoms with E-state index in [0.717, 1.165) is 31.2 Å². The maximum absolute atomic E-state index is 12.7. The Balaban J connectivity index is 1.57. The molecular weight excluding hydrogens is 588 g/mol. The predicted molar refractivity (Wildman–Crippen MR) is 151 cm³/mol. The Morgan fingerprint density at radius 2 is 0.917 bits per heavy atom. The second-order valence-corrected chi connectivity index (χ2v) is 10.6. The van der Waals surface area contributed by atoms with E-state index in [1.807, 2.05) is 52.0 Å². The van der Waals surface area contributed by atoms with E-state index >= 15 is 0 Å². The molecule has 0 heterocycles. The number of rotatable bonds is 8. The largest absolute Gasteiger partial charge is 0.480 e. The zero-order valence-electron chi connectivity index (χ0n) is 21.2. The molecule has 0 aliphatic heterocycles. The molecule has 2 amide bonds. The lowest BCUT2D eigenvalue weighted by Crippen LogP contribution is -2.31. The summed E-state index contributed by atoms with van der Waals surface area (Å²) in [6.07, 6.45) is -1.38. The van der Waals surface area contributed by atoms with Crippen LogP contribution in [0, 0.1) is 27.7 Å². The van der Waals surface area contributed by atoms with Crippen molar-refractivity contribution >= 4 is 55.0 Å². The minimum Gasteiger partial charge on any atom is -0.480 e. The fourth-order valence-electron chi connectivity index (χ4n) is 3.75. The summed E-state index contributed by atoms with van der Waals surface area (Å²) in [6, 6.07) is 14.7. The summed E-state index contributed by atoms with van der Waals surface area (Å²) < 4.78 is 13.8. The summed E-state index contributed by atoms with van der Waals surface area (Å²) in [5.41, 5.74) is 5.00. The van der Waals surface area contributed by atoms with Crippen molar-refractivity contribution in [3.05, 3.63) is 79.7 Å². The van der Waals surface area contributed by atoms with Crippen molar-refractivity contribution < 1.29 is 19.1 Å². The molecule has 0 spiro atoms. The van der Waals surface area contributed by atoms with Crippen LogP contribution in [0.15, 0.2) is 57.5 Å². The van der Waals surface area contributed by atoms with Crippen LogP contribution in [0.25, 0.3) is 0 Å². The van der Waals surface area contributed by atoms with Crippen LogP contribution in [-0.4, -0.2) is 24.0 Å². The van der Waals surface area contributed by atoms with Crippen molar-refractivity contribution in [2.24, 2.45) is 0 Å². The molecule has 36 heavy (non-hydrogen) atoms. The Labute approximate surface area is 229 Å². The lowest BCUT2D eigenvalue weighted by atomic mass is 10.1. The van der Waals surface area contributed by atoms with Crippen molar-refractivity contribution in [2.75, 3.05) is 10.6 Å². The molecule has 3 rings (SSSR count). The number of carbonyl (C=O) groups excluding carboxylic acids is 2. The third kappa shape index (κ3) is 7.11. The van der Waals surface area contributed by atoms with E-state index in [0.29, 0.717) is 22.9 Å². The number of amides is 2. The van der Waals surface area contributed by atoms with Crippen LogP contribution < -0.4 is 20.1 Å². The first kappa shape index (κ1) is 27.7. The van der Waals surface area contributed by atoms with Gasteiger partial charge in [-0.05, 0) is 112 Å². The van der Waals surface area contributed by atoms with Crippen LogP contribution in [-0.2, 0) is 9.59 Å². The summed E-state index contributed by atoms with van der Waals surface area (Å²) >= 11 is 6.94. The first-order valence-electron chi connectivity index (χ1n) is 11.5. The molecule has 6 nitrogen and oxygen atoms in total. The number of halogens is 2. The van der Waals surface area contributed by atoms with E-state index in [1.54, 1.807) is 38.1 Å². The number of benzene rings is 3. The molecule has 0 saturated carbocycles. The number of hydrogen-bond donors (Lipinski definition) is 2. The number of anilines is 2. The van der Waals surface area contributed by atoms with Crippen molar-refractivity contribution in [3.8, 4) is 11.5 Å². The van der Waals surface area contributed by atoms with Gasteiger partial charge in [0, 0.05) is 20.3 Å². The van der Waals surface area contributed by atoms with Crippen LogP contribution in [0.5, 0.6) is 11.5 Å². The number of aryl methyl sites for hydroxylation is 4. The van der Waals surface area contributed by atoms with E-state index in [4.69, 9.17) is 9.47 Å². The van der Waals surface area contributed by atoms with Crippen molar-refractivity contribution in [3.63, 3.8) is 0 Å². The molecular formula is C28H30Br2N2O4. The van der Waals surface area contributed by atoms with Crippen LogP contribution in [0.4, 0.5) is 11.4 Å². The molecule has 2 unspecified atom stereocenters. The standard InChI is InChI=1S/C28H30Br2N2O4/c1-15-11-21(29)12-16(2)25(15)35-19(5)27(33)31-23-7-9-24(10-8-23)32-28(34)20(6)36-26-17(3)13-22(30)14-18(26)4/h7-14,19-20H,1-6H3,(H,31,33)(H,32,34). The summed E-state index contributed by atoms with van der Waals surface area (Å²) in [7, 11) is 0. The average Bonchev–Trinajstić information content (AvgIpc) is 2.79. The minimum absolute atomic E-state index is 0.268. The highest BCUT2D eigenvalue weighted by Crippen LogP contribution is 2.29. The normalized spacial score (nSPS) is 12.4. The van der Waals surface area contributed by atoms with Gasteiger partial charge < -0.3 is 20.1 Å². The molecule has 190 valence electrons. The zero-order valence-corrected chi connectivity index (χ0v) is 24.3. The lowest BCUT2D eigenvalue weighted by molar-refractivity contribution is -0.122. The molecule has 0 aliphatic rings. The van der Waals surface area contributed by atoms with E-state index < -0.39 is 12.2 Å². The van der Waals surface area contributed by atoms with Gasteiger partial charge in [-0.3, -0.25) is 9.59 Å². The second-order valence-electron chi connectivity index (χ2n) is 8.81. The molecule has 2 N–H and O–H groups in total. The van der Waals surface area contributed by atoms with Crippen molar-refractivity contribution in [1.29, 1.82) is 0 Å². The van der Waals surface area contributed by atoms with Gasteiger partial charge in [-0.25, -0.2) is 0 Å². The molecule has 0 saturated heterocycles. The van der Waals surface area contributed by atoms with E-state index in [9.17, 15) is 9.59 Å². The number of ether oxygens (including phenoxy) is 2. The summed E-state index contributed by atoms with van der Waals surface area (Å²) in [6.45, 7) is 11.2. The quantitative estimate of drug-likeness (QED) is 0.279. The van der Waals surface area contributed by atoms with Crippen LogP contribution in [0.1, 0.15) is 36.1 Å². The SMILES string of the molecule is Cc1cc(Br)cc(C)c1OC(C)C(=O)Nc1ccc(NC(=O)C(C)Oc2c(C)cc(Br)cc2C)cc1. The summed E-state index contributed by atoms with van der Waals surface area (Å²) in [4.78, 5) is 25.3. The Morgan fingerprint density at radius 1 is 0.639 bits per heavy atom. The van der Waals surface area contributed by atoms with E-state index in [-0.39, 0.29) is 11.8 Å². The Bertz CT molecular complexity index is 1130. The van der Waals surface area contributed by atoms with Gasteiger partial charge in [0.05, 0.1) is 0 Å². The number of hydrogen-bond acceptors (Lipinski definition) is 4. The molecule has 0 bridgehead atoms. The van der Waals surface area contributed by atoms with Crippen LogP contribution in [0.2, 0.25) is 0 Å². The van der Waals surface area contributed by atoms with Gasteiger partial charge in [-0.2, -0.15) is 0 Å². The fraction of sp³-hybridized carbons (Fsp3) is 0.286. The van der Waals surface area contributed by atoms with Gasteiger partial charge in [0.1, 0.15) is 11.5 Å². The van der Waals surface area contributed by atoms with Gasteiger partial charge >= 0.3 is 0 Å². The zero-order chi connectivity index (χ0) is 26.6. The highest BCUT2D eigenvalue weighted by Gasteiger charge is 2.19. The summed E-state index contributed by atoms with van der Waals surface area (Å²) in [5, 5.41) is 5.70. The van der Waals surface area contributed by atoms with Gasteiger partial charge in [-0.1, -0.05) is 31.9 Å². The predicted octanol–water partition coefficient (Wildman–Crippen LogP) is 7.26. The maximum Gasteiger partial charge on any atom is 0.265 e. The van der Waals surface area contributed by atoms with Gasteiger partial charge in [-0.15, -0.1) is 0 Å². The van der Waals surface area contributed by atoms with Gasteiger partial charge in [0.25, 0.3) is 11.8 Å². The molecule has 3 aromatic rings. The molecule has 8 heteroatoms. The molecule has 2 atom stereocenters. The van der Waals surface area contributed by atoms with E-state index in [2.05, 4.69) is 42.5 Å². The Morgan fingerprint density at radius 3 is 1.19 bits per heavy atom. The average molecular weight is 618 g/mol. The summed E-state index contributed by atoms with van der Waals surface area (Å²) in [5.74, 6) is 0.860. The number of nitrogens with one attached hydrogen (secondary N) is 2. The molecule has 0 aliphatic carbocycles. The smallest absolute Gasteiger partial charge is 0.265 e. The topological polar surface area (TPSA) is 76.7 Å². The third-order valence-corrected chi connectivity index (χ3v) is 6.51. The second kappa shape index (κ2) is 11.9. The van der Waals surface area contributed by atoms with Crippen LogP contribution in [0.3, 0.4) is 0 Å². The van der Waals surface area contributed by atoms with Crippen molar-refractivity contribution in [1.82, 2.24) is 0 Å². The third-order valence-electron chi connectivity index (χ3n) is 5.60. The molecule has 3 aromatic carbocycles. The maximum atomic E-state index is 12.7. The lowest BCUT2D eigenvalue weighted by Gasteiger charge is -2.19.